The summed E-state index contributed by atoms with van der Waals surface area (Å²) in [6.45, 7) is 1.33. The van der Waals surface area contributed by atoms with Crippen LogP contribution < -0.4 is 5.32 Å². The highest BCUT2D eigenvalue weighted by Crippen LogP contribution is 2.27. The molecule has 1 aromatic rings. The van der Waals surface area contributed by atoms with Crippen LogP contribution >= 0.6 is 11.6 Å². The highest BCUT2D eigenvalue weighted by atomic mass is 35.5. The van der Waals surface area contributed by atoms with Crippen molar-refractivity contribution in [1.82, 2.24) is 15.2 Å². The number of carbonyl (C=O) groups is 2. The number of aromatic nitrogens is 1. The molecule has 0 unspecified atom stereocenters. The van der Waals surface area contributed by atoms with E-state index in [1.165, 1.54) is 12.6 Å². The maximum Gasteiger partial charge on any atom is 0.253 e. The minimum atomic E-state index is -0.200. The number of pyridine rings is 1. The predicted octanol–water partition coefficient (Wildman–Crippen LogP) is 2.65. The molecule has 0 spiro atoms. The summed E-state index contributed by atoms with van der Waals surface area (Å²) in [5.74, 6) is 0.255. The molecule has 5 nitrogen and oxygen atoms in total. The van der Waals surface area contributed by atoms with Crippen LogP contribution in [0.2, 0.25) is 5.02 Å². The van der Waals surface area contributed by atoms with Crippen LogP contribution in [0.1, 0.15) is 48.9 Å². The zero-order chi connectivity index (χ0) is 16.2. The molecule has 3 rings (SSSR count). The van der Waals surface area contributed by atoms with E-state index in [-0.39, 0.29) is 23.8 Å². The summed E-state index contributed by atoms with van der Waals surface area (Å²) in [5.41, 5.74) is 0.429. The Labute approximate surface area is 141 Å². The second kappa shape index (κ2) is 7.30. The highest BCUT2D eigenvalue weighted by Gasteiger charge is 2.32. The van der Waals surface area contributed by atoms with Gasteiger partial charge in [0.1, 0.15) is 0 Å². The Morgan fingerprint density at radius 1 is 1.22 bits per heavy atom. The van der Waals surface area contributed by atoms with Gasteiger partial charge in [-0.2, -0.15) is 0 Å². The van der Waals surface area contributed by atoms with Crippen molar-refractivity contribution in [3.05, 3.63) is 29.0 Å². The Bertz CT molecular complexity index is 587. The number of hydrogen-bond acceptors (Lipinski definition) is 3. The third-order valence-electron chi connectivity index (χ3n) is 4.81. The van der Waals surface area contributed by atoms with E-state index in [9.17, 15) is 9.59 Å². The molecule has 1 aliphatic heterocycles. The summed E-state index contributed by atoms with van der Waals surface area (Å²) in [6.07, 6.45) is 9.40. The van der Waals surface area contributed by atoms with E-state index < -0.39 is 0 Å². The van der Waals surface area contributed by atoms with Gasteiger partial charge < -0.3 is 10.2 Å². The van der Waals surface area contributed by atoms with Crippen molar-refractivity contribution in [2.24, 2.45) is 5.92 Å². The molecule has 0 aromatic carbocycles. The average Bonchev–Trinajstić information content (AvgIpc) is 3.03. The fourth-order valence-electron chi connectivity index (χ4n) is 3.51. The van der Waals surface area contributed by atoms with Gasteiger partial charge in [0.2, 0.25) is 5.91 Å². The van der Waals surface area contributed by atoms with E-state index in [0.29, 0.717) is 17.1 Å². The lowest BCUT2D eigenvalue weighted by Gasteiger charge is -2.26. The molecule has 2 aliphatic rings. The monoisotopic (exact) mass is 335 g/mol. The molecule has 2 heterocycles. The molecule has 6 heteroatoms. The molecule has 2 amide bonds. The molecule has 1 saturated heterocycles. The van der Waals surface area contributed by atoms with E-state index in [4.69, 9.17) is 11.6 Å². The molecule has 23 heavy (non-hydrogen) atoms. The SMILES string of the molecule is O=C(N[C@H]1CCN(C(=O)C2CCCCC2)C1)c1ccncc1Cl. The van der Waals surface area contributed by atoms with Gasteiger partial charge in [-0.05, 0) is 25.3 Å². The zero-order valence-corrected chi connectivity index (χ0v) is 13.9. The lowest BCUT2D eigenvalue weighted by atomic mass is 9.88. The number of hydrogen-bond donors (Lipinski definition) is 1. The summed E-state index contributed by atoms with van der Waals surface area (Å²) >= 11 is 6.00. The topological polar surface area (TPSA) is 62.3 Å². The van der Waals surface area contributed by atoms with Crippen molar-refractivity contribution in [3.63, 3.8) is 0 Å². The molecule has 1 atom stereocenters. The molecular weight excluding hydrogens is 314 g/mol. The predicted molar refractivity (Wildman–Crippen MR) is 88.3 cm³/mol. The molecule has 2 fully saturated rings. The molecule has 0 bridgehead atoms. The second-order valence-corrected chi connectivity index (χ2v) is 6.84. The van der Waals surface area contributed by atoms with Gasteiger partial charge in [0.25, 0.3) is 5.91 Å². The van der Waals surface area contributed by atoms with Crippen molar-refractivity contribution in [1.29, 1.82) is 0 Å². The van der Waals surface area contributed by atoms with Gasteiger partial charge in [-0.15, -0.1) is 0 Å². The first-order valence-electron chi connectivity index (χ1n) is 8.34. The van der Waals surface area contributed by atoms with Crippen LogP contribution in [0, 0.1) is 5.92 Å². The maximum atomic E-state index is 12.5. The number of likely N-dealkylation sites (tertiary alicyclic amines) is 1. The quantitative estimate of drug-likeness (QED) is 0.923. The minimum absolute atomic E-state index is 0.000674. The van der Waals surface area contributed by atoms with Gasteiger partial charge in [-0.1, -0.05) is 30.9 Å². The van der Waals surface area contributed by atoms with E-state index in [1.54, 1.807) is 12.3 Å². The van der Waals surface area contributed by atoms with E-state index >= 15 is 0 Å². The van der Waals surface area contributed by atoms with Crippen molar-refractivity contribution in [3.8, 4) is 0 Å². The summed E-state index contributed by atoms with van der Waals surface area (Å²) in [6, 6.07) is 1.61. The van der Waals surface area contributed by atoms with Crippen LogP contribution in [0.5, 0.6) is 0 Å². The number of carbonyl (C=O) groups excluding carboxylic acids is 2. The van der Waals surface area contributed by atoms with Crippen molar-refractivity contribution in [2.75, 3.05) is 13.1 Å². The third kappa shape index (κ3) is 3.83. The number of nitrogens with one attached hydrogen (secondary N) is 1. The van der Waals surface area contributed by atoms with Crippen LogP contribution in [-0.4, -0.2) is 40.8 Å². The van der Waals surface area contributed by atoms with Crippen molar-refractivity contribution in [2.45, 2.75) is 44.6 Å². The molecule has 1 saturated carbocycles. The van der Waals surface area contributed by atoms with Crippen LogP contribution in [0.3, 0.4) is 0 Å². The van der Waals surface area contributed by atoms with Crippen molar-refractivity contribution < 1.29 is 9.59 Å². The highest BCUT2D eigenvalue weighted by molar-refractivity contribution is 6.33. The molecule has 0 radical (unpaired) electrons. The fourth-order valence-corrected chi connectivity index (χ4v) is 3.71. The van der Waals surface area contributed by atoms with Crippen LogP contribution in [0.4, 0.5) is 0 Å². The molecule has 1 aliphatic carbocycles. The third-order valence-corrected chi connectivity index (χ3v) is 5.11. The average molecular weight is 336 g/mol. The van der Waals surface area contributed by atoms with Gasteiger partial charge in [-0.3, -0.25) is 14.6 Å². The van der Waals surface area contributed by atoms with Crippen molar-refractivity contribution >= 4 is 23.4 Å². The molecule has 124 valence electrons. The van der Waals surface area contributed by atoms with Crippen LogP contribution in [0.15, 0.2) is 18.5 Å². The van der Waals surface area contributed by atoms with Gasteiger partial charge in [0.05, 0.1) is 10.6 Å². The van der Waals surface area contributed by atoms with E-state index in [1.807, 2.05) is 4.90 Å². The maximum absolute atomic E-state index is 12.5. The Morgan fingerprint density at radius 2 is 2.00 bits per heavy atom. The first-order valence-corrected chi connectivity index (χ1v) is 8.72. The van der Waals surface area contributed by atoms with Gasteiger partial charge in [-0.25, -0.2) is 0 Å². The molecule has 1 aromatic heterocycles. The largest absolute Gasteiger partial charge is 0.347 e. The van der Waals surface area contributed by atoms with Gasteiger partial charge in [0.15, 0.2) is 0 Å². The second-order valence-electron chi connectivity index (χ2n) is 6.43. The molecular formula is C17H22ClN3O2. The Morgan fingerprint density at radius 3 is 2.74 bits per heavy atom. The molecule has 1 N–H and O–H groups in total. The van der Waals surface area contributed by atoms with Gasteiger partial charge >= 0.3 is 0 Å². The number of rotatable bonds is 3. The first-order chi connectivity index (χ1) is 11.1. The van der Waals surface area contributed by atoms with E-state index in [2.05, 4.69) is 10.3 Å². The minimum Gasteiger partial charge on any atom is -0.347 e. The Hall–Kier alpha value is -1.62. The number of nitrogens with zero attached hydrogens (tertiary/aromatic N) is 2. The standard InChI is InChI=1S/C17H22ClN3O2/c18-15-10-19-8-6-14(15)16(22)20-13-7-9-21(11-13)17(23)12-4-2-1-3-5-12/h6,8,10,12-13H,1-5,7,9,11H2,(H,20,22)/t13-/m0/s1. The fraction of sp³-hybridized carbons (Fsp3) is 0.588. The lowest BCUT2D eigenvalue weighted by molar-refractivity contribution is -0.135. The smallest absolute Gasteiger partial charge is 0.253 e. The lowest BCUT2D eigenvalue weighted by Crippen LogP contribution is -2.40. The zero-order valence-electron chi connectivity index (χ0n) is 13.1. The summed E-state index contributed by atoms with van der Waals surface area (Å²) in [4.78, 5) is 30.6. The normalized spacial score (nSPS) is 22.1. The van der Waals surface area contributed by atoms with Gasteiger partial charge in [0, 0.05) is 37.4 Å². The van der Waals surface area contributed by atoms with E-state index in [0.717, 1.165) is 38.6 Å². The first kappa shape index (κ1) is 16.2. The van der Waals surface area contributed by atoms with Crippen LogP contribution in [-0.2, 0) is 4.79 Å². The number of halogens is 1. The number of amides is 2. The summed E-state index contributed by atoms with van der Waals surface area (Å²) in [7, 11) is 0. The Kier molecular flexibility index (Phi) is 5.16. The summed E-state index contributed by atoms with van der Waals surface area (Å²) in [5, 5.41) is 3.32. The Balaban J connectivity index is 1.54. The van der Waals surface area contributed by atoms with Crippen LogP contribution in [0.25, 0.3) is 0 Å². The summed E-state index contributed by atoms with van der Waals surface area (Å²) < 4.78 is 0.